The zero-order chi connectivity index (χ0) is 22.4. The maximum atomic E-state index is 12.9. The van der Waals surface area contributed by atoms with Gasteiger partial charge in [0, 0.05) is 18.1 Å². The molecule has 0 aliphatic carbocycles. The van der Waals surface area contributed by atoms with E-state index in [1.165, 1.54) is 17.2 Å². The molecule has 0 heterocycles. The van der Waals surface area contributed by atoms with Crippen molar-refractivity contribution in [1.29, 1.82) is 0 Å². The molecule has 0 saturated carbocycles. The Morgan fingerprint density at radius 1 is 1.13 bits per heavy atom. The van der Waals surface area contributed by atoms with E-state index < -0.39 is 34.2 Å². The van der Waals surface area contributed by atoms with Gasteiger partial charge in [-0.1, -0.05) is 30.3 Å². The van der Waals surface area contributed by atoms with Gasteiger partial charge in [-0.25, -0.2) is 8.42 Å². The molecule has 0 aromatic heterocycles. The summed E-state index contributed by atoms with van der Waals surface area (Å²) in [4.78, 5) is 12.2. The van der Waals surface area contributed by atoms with Crippen LogP contribution in [0.5, 0.6) is 0 Å². The van der Waals surface area contributed by atoms with Gasteiger partial charge in [0.2, 0.25) is 15.9 Å². The fraction of sp³-hybridized carbons (Fsp3) is 0.350. The van der Waals surface area contributed by atoms with Crippen LogP contribution in [0.2, 0.25) is 0 Å². The van der Waals surface area contributed by atoms with Crippen molar-refractivity contribution in [2.75, 3.05) is 29.4 Å². The van der Waals surface area contributed by atoms with E-state index in [2.05, 4.69) is 5.32 Å². The number of hydrogen-bond donors (Lipinski definition) is 1. The van der Waals surface area contributed by atoms with E-state index in [0.29, 0.717) is 22.7 Å². The van der Waals surface area contributed by atoms with Gasteiger partial charge in [-0.05, 0) is 36.2 Å². The van der Waals surface area contributed by atoms with Crippen molar-refractivity contribution in [3.63, 3.8) is 0 Å². The standard InChI is InChI=1S/C20H23F3N2O3S2/c1-15-6-3-4-7-16(15)14-29-11-10-24-19(26)13-25(30(2,27)28)18-9-5-8-17(12-18)20(21,22)23/h3-9,12H,10-11,13-14H2,1-2H3,(H,24,26). The van der Waals surface area contributed by atoms with E-state index in [-0.39, 0.29) is 5.69 Å². The van der Waals surface area contributed by atoms with E-state index >= 15 is 0 Å². The number of nitrogens with one attached hydrogen (secondary N) is 1. The SMILES string of the molecule is Cc1ccccc1CSCCNC(=O)CN(c1cccc(C(F)(F)F)c1)S(C)(=O)=O. The normalized spacial score (nSPS) is 11.9. The molecule has 2 aromatic carbocycles. The van der Waals surface area contributed by atoms with Gasteiger partial charge in [0.15, 0.2) is 0 Å². The lowest BCUT2D eigenvalue weighted by molar-refractivity contribution is -0.137. The summed E-state index contributed by atoms with van der Waals surface area (Å²) < 4.78 is 63.6. The second-order valence-electron chi connectivity index (χ2n) is 6.65. The van der Waals surface area contributed by atoms with Crippen molar-refractivity contribution in [3.05, 3.63) is 65.2 Å². The van der Waals surface area contributed by atoms with Crippen LogP contribution in [0.1, 0.15) is 16.7 Å². The lowest BCUT2D eigenvalue weighted by Crippen LogP contribution is -2.41. The average Bonchev–Trinajstić information content (AvgIpc) is 2.66. The molecule has 2 aromatic rings. The highest BCUT2D eigenvalue weighted by atomic mass is 32.2. The fourth-order valence-corrected chi connectivity index (χ4v) is 4.42. The summed E-state index contributed by atoms with van der Waals surface area (Å²) in [7, 11) is -3.95. The number of carbonyl (C=O) groups is 1. The molecule has 0 fully saturated rings. The summed E-state index contributed by atoms with van der Waals surface area (Å²) in [6, 6.07) is 11.9. The molecule has 0 unspecified atom stereocenters. The Morgan fingerprint density at radius 3 is 2.47 bits per heavy atom. The second kappa shape index (κ2) is 10.2. The monoisotopic (exact) mass is 460 g/mol. The minimum absolute atomic E-state index is 0.212. The largest absolute Gasteiger partial charge is 0.416 e. The first kappa shape index (κ1) is 24.1. The van der Waals surface area contributed by atoms with E-state index in [1.807, 2.05) is 31.2 Å². The molecule has 2 rings (SSSR count). The molecule has 0 spiro atoms. The molecule has 1 amide bonds. The molecule has 5 nitrogen and oxygen atoms in total. The number of anilines is 1. The van der Waals surface area contributed by atoms with Gasteiger partial charge < -0.3 is 5.32 Å². The maximum Gasteiger partial charge on any atom is 0.416 e. The van der Waals surface area contributed by atoms with E-state index in [0.717, 1.165) is 24.1 Å². The second-order valence-corrected chi connectivity index (χ2v) is 9.66. The number of alkyl halides is 3. The first-order chi connectivity index (χ1) is 14.0. The number of nitrogens with zero attached hydrogens (tertiary/aromatic N) is 1. The van der Waals surface area contributed by atoms with Gasteiger partial charge in [-0.3, -0.25) is 9.10 Å². The molecular weight excluding hydrogens is 437 g/mol. The topological polar surface area (TPSA) is 66.5 Å². The lowest BCUT2D eigenvalue weighted by Gasteiger charge is -2.22. The van der Waals surface area contributed by atoms with Crippen LogP contribution < -0.4 is 9.62 Å². The van der Waals surface area contributed by atoms with Crippen LogP contribution in [0.15, 0.2) is 48.5 Å². The summed E-state index contributed by atoms with van der Waals surface area (Å²) in [5, 5.41) is 2.61. The number of rotatable bonds is 9. The molecule has 164 valence electrons. The first-order valence-corrected chi connectivity index (χ1v) is 12.0. The molecular formula is C20H23F3N2O3S2. The van der Waals surface area contributed by atoms with Crippen LogP contribution in [0.25, 0.3) is 0 Å². The highest BCUT2D eigenvalue weighted by Crippen LogP contribution is 2.32. The number of sulfonamides is 1. The van der Waals surface area contributed by atoms with Crippen LogP contribution in [0, 0.1) is 6.92 Å². The molecule has 0 aliphatic rings. The zero-order valence-corrected chi connectivity index (χ0v) is 18.2. The molecule has 0 atom stereocenters. The van der Waals surface area contributed by atoms with Crippen molar-refractivity contribution in [2.45, 2.75) is 18.9 Å². The summed E-state index contributed by atoms with van der Waals surface area (Å²) in [6.45, 7) is 1.74. The third-order valence-corrected chi connectivity index (χ3v) is 6.38. The lowest BCUT2D eigenvalue weighted by atomic mass is 10.1. The number of amides is 1. The Balaban J connectivity index is 1.93. The number of aryl methyl sites for hydroxylation is 1. The van der Waals surface area contributed by atoms with Gasteiger partial charge in [-0.2, -0.15) is 24.9 Å². The number of benzene rings is 2. The summed E-state index contributed by atoms with van der Waals surface area (Å²) in [6.07, 6.45) is -3.77. The van der Waals surface area contributed by atoms with Gasteiger partial charge in [-0.15, -0.1) is 0 Å². The molecule has 0 bridgehead atoms. The maximum absolute atomic E-state index is 12.9. The van der Waals surface area contributed by atoms with Gasteiger partial charge >= 0.3 is 6.18 Å². The van der Waals surface area contributed by atoms with Crippen molar-refractivity contribution >= 4 is 33.4 Å². The van der Waals surface area contributed by atoms with Gasteiger partial charge in [0.1, 0.15) is 6.54 Å². The van der Waals surface area contributed by atoms with Gasteiger partial charge in [0.05, 0.1) is 17.5 Å². The van der Waals surface area contributed by atoms with Crippen molar-refractivity contribution < 1.29 is 26.4 Å². The zero-order valence-electron chi connectivity index (χ0n) is 16.6. The summed E-state index contributed by atoms with van der Waals surface area (Å²) >= 11 is 1.62. The highest BCUT2D eigenvalue weighted by Gasteiger charge is 2.31. The molecule has 10 heteroatoms. The van der Waals surface area contributed by atoms with Crippen LogP contribution in [-0.4, -0.2) is 39.4 Å². The predicted octanol–water partition coefficient (Wildman–Crippen LogP) is 3.83. The Bertz CT molecular complexity index is 979. The van der Waals surface area contributed by atoms with E-state index in [9.17, 15) is 26.4 Å². The quantitative estimate of drug-likeness (QED) is 0.578. The third-order valence-electron chi connectivity index (χ3n) is 4.24. The summed E-state index contributed by atoms with van der Waals surface area (Å²) in [5.74, 6) is 0.805. The minimum Gasteiger partial charge on any atom is -0.354 e. The Morgan fingerprint density at radius 2 is 1.83 bits per heavy atom. The Hall–Kier alpha value is -2.20. The van der Waals surface area contributed by atoms with Crippen molar-refractivity contribution in [1.82, 2.24) is 5.32 Å². The number of hydrogen-bond acceptors (Lipinski definition) is 4. The smallest absolute Gasteiger partial charge is 0.354 e. The van der Waals surface area contributed by atoms with Crippen LogP contribution in [0.4, 0.5) is 18.9 Å². The number of carbonyl (C=O) groups excluding carboxylic acids is 1. The highest BCUT2D eigenvalue weighted by molar-refractivity contribution is 7.98. The third kappa shape index (κ3) is 7.24. The number of thioether (sulfide) groups is 1. The Kier molecular flexibility index (Phi) is 8.19. The van der Waals surface area contributed by atoms with Crippen LogP contribution >= 0.6 is 11.8 Å². The number of halogens is 3. The van der Waals surface area contributed by atoms with Crippen LogP contribution in [-0.2, 0) is 26.7 Å². The minimum atomic E-state index is -4.62. The Labute approximate surface area is 178 Å². The molecule has 1 N–H and O–H groups in total. The first-order valence-electron chi connectivity index (χ1n) is 9.02. The van der Waals surface area contributed by atoms with E-state index in [1.54, 1.807) is 11.8 Å². The predicted molar refractivity (Wildman–Crippen MR) is 114 cm³/mol. The average molecular weight is 461 g/mol. The fourth-order valence-electron chi connectivity index (χ4n) is 2.64. The molecule has 30 heavy (non-hydrogen) atoms. The van der Waals surface area contributed by atoms with E-state index in [4.69, 9.17) is 0 Å². The molecule has 0 radical (unpaired) electrons. The van der Waals surface area contributed by atoms with Gasteiger partial charge in [0.25, 0.3) is 0 Å². The molecule has 0 saturated heterocycles. The molecule has 0 aliphatic heterocycles. The van der Waals surface area contributed by atoms with Crippen molar-refractivity contribution in [2.24, 2.45) is 0 Å². The van der Waals surface area contributed by atoms with Crippen LogP contribution in [0.3, 0.4) is 0 Å². The van der Waals surface area contributed by atoms with Crippen molar-refractivity contribution in [3.8, 4) is 0 Å². The summed E-state index contributed by atoms with van der Waals surface area (Å²) in [5.41, 5.74) is 1.18.